The second-order valence-corrected chi connectivity index (χ2v) is 7.48. The van der Waals surface area contributed by atoms with Gasteiger partial charge >= 0.3 is 0 Å². The summed E-state index contributed by atoms with van der Waals surface area (Å²) in [6.07, 6.45) is 24.4. The molecule has 1 aliphatic heterocycles. The zero-order valence-electron chi connectivity index (χ0n) is 16.0. The number of hydrogen-bond donors (Lipinski definition) is 0. The van der Waals surface area contributed by atoms with Gasteiger partial charge in [0.05, 0.1) is 6.61 Å². The molecule has 0 spiro atoms. The second kappa shape index (κ2) is 15.2. The lowest BCUT2D eigenvalue weighted by molar-refractivity contribution is 0.176. The Morgan fingerprint density at radius 1 is 0.870 bits per heavy atom. The van der Waals surface area contributed by atoms with Crippen LogP contribution >= 0.6 is 0 Å². The fourth-order valence-corrected chi connectivity index (χ4v) is 3.66. The maximum absolute atomic E-state index is 5.62. The summed E-state index contributed by atoms with van der Waals surface area (Å²) in [6, 6.07) is 0. The molecule has 0 radical (unpaired) electrons. The topological polar surface area (TPSA) is 9.23 Å². The van der Waals surface area contributed by atoms with Crippen molar-refractivity contribution < 1.29 is 4.74 Å². The van der Waals surface area contributed by atoms with E-state index in [-0.39, 0.29) is 0 Å². The van der Waals surface area contributed by atoms with Crippen LogP contribution in [0.2, 0.25) is 0 Å². The van der Waals surface area contributed by atoms with E-state index in [1.807, 2.05) is 0 Å². The van der Waals surface area contributed by atoms with E-state index in [1.54, 1.807) is 0 Å². The van der Waals surface area contributed by atoms with Gasteiger partial charge < -0.3 is 4.74 Å². The van der Waals surface area contributed by atoms with Gasteiger partial charge in [0.15, 0.2) is 0 Å². The normalized spacial score (nSPS) is 19.7. The number of unbranched alkanes of at least 4 members (excludes halogenated alkanes) is 10. The van der Waals surface area contributed by atoms with E-state index in [1.165, 1.54) is 89.9 Å². The molecule has 0 aromatic heterocycles. The van der Waals surface area contributed by atoms with Crippen LogP contribution in [0.5, 0.6) is 0 Å². The zero-order valence-corrected chi connectivity index (χ0v) is 16.0. The van der Waals surface area contributed by atoms with Crippen LogP contribution in [-0.2, 0) is 4.74 Å². The Kier molecular flexibility index (Phi) is 13.7. The van der Waals surface area contributed by atoms with Gasteiger partial charge in [-0.05, 0) is 31.1 Å². The van der Waals surface area contributed by atoms with Crippen LogP contribution in [0.4, 0.5) is 0 Å². The molecule has 1 heteroatoms. The third-order valence-electron chi connectivity index (χ3n) is 5.32. The molecule has 1 nitrogen and oxygen atoms in total. The molecule has 0 bridgehead atoms. The van der Waals surface area contributed by atoms with Crippen LogP contribution in [-0.4, -0.2) is 13.2 Å². The van der Waals surface area contributed by atoms with Gasteiger partial charge in [-0.2, -0.15) is 0 Å². The Morgan fingerprint density at radius 3 is 2.13 bits per heavy atom. The van der Waals surface area contributed by atoms with Crippen molar-refractivity contribution in [3.8, 4) is 0 Å². The van der Waals surface area contributed by atoms with E-state index in [0.29, 0.717) is 0 Å². The smallest absolute Gasteiger partial charge is 0.0500 e. The molecule has 1 saturated heterocycles. The minimum absolute atomic E-state index is 0.777. The molecule has 0 amide bonds. The van der Waals surface area contributed by atoms with Crippen molar-refractivity contribution in [2.75, 3.05) is 13.2 Å². The van der Waals surface area contributed by atoms with E-state index in [2.05, 4.69) is 26.0 Å². The third-order valence-corrected chi connectivity index (χ3v) is 5.32. The average molecular weight is 325 g/mol. The highest BCUT2D eigenvalue weighted by Crippen LogP contribution is 2.28. The predicted octanol–water partition coefficient (Wildman–Crippen LogP) is 7.31. The Balaban J connectivity index is 2.09. The van der Waals surface area contributed by atoms with Gasteiger partial charge in [-0.25, -0.2) is 0 Å². The predicted molar refractivity (Wildman–Crippen MR) is 103 cm³/mol. The van der Waals surface area contributed by atoms with Crippen molar-refractivity contribution >= 4 is 0 Å². The van der Waals surface area contributed by atoms with Crippen molar-refractivity contribution in [1.29, 1.82) is 0 Å². The number of hydrogen-bond acceptors (Lipinski definition) is 1. The first-order chi connectivity index (χ1) is 11.4. The van der Waals surface area contributed by atoms with Gasteiger partial charge in [-0.1, -0.05) is 96.6 Å². The molecule has 0 saturated carbocycles. The first-order valence-corrected chi connectivity index (χ1v) is 10.6. The Bertz CT molecular complexity index is 265. The molecule has 1 heterocycles. The molecule has 1 unspecified atom stereocenters. The highest BCUT2D eigenvalue weighted by Gasteiger charge is 2.23. The van der Waals surface area contributed by atoms with Gasteiger partial charge in [0.2, 0.25) is 0 Å². The first kappa shape index (κ1) is 20.7. The quantitative estimate of drug-likeness (QED) is 0.174. The largest absolute Gasteiger partial charge is 0.381 e. The minimum Gasteiger partial charge on any atom is -0.381 e. The Labute approximate surface area is 146 Å². The molecule has 1 fully saturated rings. The molecule has 0 aromatic carbocycles. The van der Waals surface area contributed by atoms with Crippen molar-refractivity contribution in [3.63, 3.8) is 0 Å². The van der Waals surface area contributed by atoms with Crippen molar-refractivity contribution in [2.24, 2.45) is 11.8 Å². The van der Waals surface area contributed by atoms with Gasteiger partial charge in [0, 0.05) is 6.61 Å². The number of ether oxygens (including phenoxy) is 1. The van der Waals surface area contributed by atoms with E-state index in [0.717, 1.165) is 25.0 Å². The first-order valence-electron chi connectivity index (χ1n) is 10.6. The summed E-state index contributed by atoms with van der Waals surface area (Å²) in [5.74, 6) is 1.57. The summed E-state index contributed by atoms with van der Waals surface area (Å²) in [5.41, 5.74) is 0. The molecule has 0 N–H and O–H groups in total. The summed E-state index contributed by atoms with van der Waals surface area (Å²) < 4.78 is 5.62. The van der Waals surface area contributed by atoms with E-state index in [9.17, 15) is 0 Å². The number of allylic oxidation sites excluding steroid dienone is 2. The third kappa shape index (κ3) is 11.0. The van der Waals surface area contributed by atoms with Crippen LogP contribution in [0, 0.1) is 11.8 Å². The highest BCUT2D eigenvalue weighted by atomic mass is 16.6. The van der Waals surface area contributed by atoms with Gasteiger partial charge in [0.25, 0.3) is 0 Å². The Hall–Kier alpha value is -0.300. The highest BCUT2D eigenvalue weighted by molar-refractivity contribution is 4.92. The van der Waals surface area contributed by atoms with Crippen LogP contribution < -0.4 is 0 Å². The lowest BCUT2D eigenvalue weighted by Gasteiger charge is -2.19. The summed E-state index contributed by atoms with van der Waals surface area (Å²) >= 11 is 0. The van der Waals surface area contributed by atoms with Gasteiger partial charge in [0.1, 0.15) is 0 Å². The van der Waals surface area contributed by atoms with Crippen LogP contribution in [0.3, 0.4) is 0 Å². The fourth-order valence-electron chi connectivity index (χ4n) is 3.66. The molecular weight excluding hydrogens is 282 g/mol. The molecule has 0 aliphatic carbocycles. The van der Waals surface area contributed by atoms with Gasteiger partial charge in [-0.3, -0.25) is 0 Å². The summed E-state index contributed by atoms with van der Waals surface area (Å²) in [5, 5.41) is 0. The zero-order chi connectivity index (χ0) is 16.6. The van der Waals surface area contributed by atoms with Crippen LogP contribution in [0.1, 0.15) is 104 Å². The van der Waals surface area contributed by atoms with Crippen LogP contribution in [0.15, 0.2) is 12.2 Å². The van der Waals surface area contributed by atoms with E-state index >= 15 is 0 Å². The summed E-state index contributed by atoms with van der Waals surface area (Å²) in [4.78, 5) is 0. The summed E-state index contributed by atoms with van der Waals surface area (Å²) in [7, 11) is 0. The SMILES string of the molecule is CCCC/C=C/[C@H](CCCCCCCCCCC)C1C[13CH2]O[13CH2]1. The van der Waals surface area contributed by atoms with Crippen molar-refractivity contribution in [2.45, 2.75) is 104 Å². The molecular formula is C22H42O. The monoisotopic (exact) mass is 324 g/mol. The Morgan fingerprint density at radius 2 is 1.52 bits per heavy atom. The molecule has 2 atom stereocenters. The lowest BCUT2D eigenvalue weighted by atomic mass is 9.90. The standard InChI is InChI=1S/C22H42O/c1-3-5-7-9-10-11-12-13-15-17-21(16-14-8-6-4-2)22-18-19-23-20-22/h14,16,21-22H,3-13,15,17-20H2,1-2H3/b16-14+/t21-,22?/m1/s1/i19+1,20+1. The minimum atomic E-state index is 0.777. The second-order valence-electron chi connectivity index (χ2n) is 7.48. The van der Waals surface area contributed by atoms with Crippen molar-refractivity contribution in [1.82, 2.24) is 0 Å². The molecule has 1 aliphatic rings. The maximum atomic E-state index is 5.62. The average Bonchev–Trinajstić information content (AvgIpc) is 3.09. The molecule has 0 aromatic rings. The molecule has 1 rings (SSSR count). The lowest BCUT2D eigenvalue weighted by Crippen LogP contribution is -2.12. The van der Waals surface area contributed by atoms with Crippen molar-refractivity contribution in [3.05, 3.63) is 12.2 Å². The number of rotatable bonds is 15. The van der Waals surface area contributed by atoms with E-state index in [4.69, 9.17) is 4.74 Å². The van der Waals surface area contributed by atoms with Gasteiger partial charge in [-0.15, -0.1) is 0 Å². The molecule has 23 heavy (non-hydrogen) atoms. The van der Waals surface area contributed by atoms with E-state index < -0.39 is 0 Å². The molecule has 136 valence electrons. The maximum Gasteiger partial charge on any atom is 0.0500 e. The summed E-state index contributed by atoms with van der Waals surface area (Å²) in [6.45, 7) is 6.56. The fraction of sp³-hybridized carbons (Fsp3) is 0.909. The van der Waals surface area contributed by atoms with Crippen LogP contribution in [0.25, 0.3) is 0 Å².